The molecular weight excluding hydrogens is 350 g/mol. The highest BCUT2D eigenvalue weighted by atomic mass is 32.1. The fourth-order valence-electron chi connectivity index (χ4n) is 2.24. The molecule has 0 aliphatic carbocycles. The number of nitrogens with zero attached hydrogens (tertiary/aromatic N) is 3. The minimum atomic E-state index is -0.321. The molecule has 9 heteroatoms. The number of nitrogens with two attached hydrogens (primary N) is 2. The first-order valence-corrected chi connectivity index (χ1v) is 8.51. The number of carbonyl (C=O) groups is 1. The summed E-state index contributed by atoms with van der Waals surface area (Å²) in [6.07, 6.45) is 2.89. The number of nitrogen functional groups attached to an aromatic ring is 1. The summed E-state index contributed by atoms with van der Waals surface area (Å²) in [7, 11) is 0. The highest BCUT2D eigenvalue weighted by Gasteiger charge is 2.13. The van der Waals surface area contributed by atoms with E-state index in [0.29, 0.717) is 28.6 Å². The summed E-state index contributed by atoms with van der Waals surface area (Å²) < 4.78 is 0. The van der Waals surface area contributed by atoms with Crippen molar-refractivity contribution in [3.8, 4) is 0 Å². The SMILES string of the molecule is C=Cc1c(N)ncnc1N(N)c1ccc(NC(=O)Nc2ccsc2)cc1. The molecular formula is C17H17N7OS. The summed E-state index contributed by atoms with van der Waals surface area (Å²) >= 11 is 1.51. The predicted molar refractivity (Wildman–Crippen MR) is 106 cm³/mol. The van der Waals surface area contributed by atoms with Crippen molar-refractivity contribution >= 4 is 52.1 Å². The molecule has 3 aromatic rings. The Morgan fingerprint density at radius 1 is 1.15 bits per heavy atom. The van der Waals surface area contributed by atoms with Gasteiger partial charge in [-0.2, -0.15) is 11.3 Å². The fraction of sp³-hybridized carbons (Fsp3) is 0. The highest BCUT2D eigenvalue weighted by Crippen LogP contribution is 2.27. The standard InChI is InChI=1S/C17H17N7OS/c1-2-14-15(18)20-10-21-16(14)24(19)13-5-3-11(4-6-13)22-17(25)23-12-7-8-26-9-12/h2-10H,1,19H2,(H2,18,20,21)(H2,22,23,25). The highest BCUT2D eigenvalue weighted by molar-refractivity contribution is 7.08. The molecule has 132 valence electrons. The number of hydrogen-bond acceptors (Lipinski definition) is 7. The van der Waals surface area contributed by atoms with Crippen molar-refractivity contribution in [3.05, 3.63) is 59.6 Å². The van der Waals surface area contributed by atoms with E-state index >= 15 is 0 Å². The summed E-state index contributed by atoms with van der Waals surface area (Å²) in [6.45, 7) is 3.71. The zero-order valence-electron chi connectivity index (χ0n) is 13.7. The molecule has 1 aromatic carbocycles. The van der Waals surface area contributed by atoms with Gasteiger partial charge in [-0.1, -0.05) is 12.7 Å². The molecule has 2 aromatic heterocycles. The molecule has 0 aliphatic rings. The van der Waals surface area contributed by atoms with Crippen molar-refractivity contribution in [2.24, 2.45) is 5.84 Å². The molecule has 0 atom stereocenters. The van der Waals surface area contributed by atoms with Crippen LogP contribution in [0.5, 0.6) is 0 Å². The Hall–Kier alpha value is -3.43. The Morgan fingerprint density at radius 3 is 2.54 bits per heavy atom. The van der Waals surface area contributed by atoms with E-state index in [9.17, 15) is 4.79 Å². The van der Waals surface area contributed by atoms with Gasteiger partial charge >= 0.3 is 6.03 Å². The number of urea groups is 1. The van der Waals surface area contributed by atoms with Gasteiger partial charge in [0.25, 0.3) is 0 Å². The van der Waals surface area contributed by atoms with E-state index < -0.39 is 0 Å². The molecule has 26 heavy (non-hydrogen) atoms. The van der Waals surface area contributed by atoms with Crippen LogP contribution in [0.15, 0.2) is 54.0 Å². The lowest BCUT2D eigenvalue weighted by Crippen LogP contribution is -2.27. The van der Waals surface area contributed by atoms with Crippen molar-refractivity contribution < 1.29 is 4.79 Å². The van der Waals surface area contributed by atoms with Crippen molar-refractivity contribution in [1.29, 1.82) is 0 Å². The lowest BCUT2D eigenvalue weighted by atomic mass is 10.2. The van der Waals surface area contributed by atoms with Crippen LogP contribution >= 0.6 is 11.3 Å². The molecule has 0 unspecified atom stereocenters. The summed E-state index contributed by atoms with van der Waals surface area (Å²) in [5.41, 5.74) is 8.41. The number of hydrogen-bond donors (Lipinski definition) is 4. The third-order valence-electron chi connectivity index (χ3n) is 3.51. The normalized spacial score (nSPS) is 10.2. The number of benzene rings is 1. The predicted octanol–water partition coefficient (Wildman–Crippen LogP) is 3.42. The van der Waals surface area contributed by atoms with E-state index in [1.807, 2.05) is 16.8 Å². The molecule has 8 nitrogen and oxygen atoms in total. The van der Waals surface area contributed by atoms with Gasteiger partial charge in [0.05, 0.1) is 16.9 Å². The van der Waals surface area contributed by atoms with Crippen LogP contribution in [0.1, 0.15) is 5.56 Å². The van der Waals surface area contributed by atoms with Gasteiger partial charge in [-0.15, -0.1) is 0 Å². The van der Waals surface area contributed by atoms with E-state index in [1.54, 1.807) is 30.3 Å². The van der Waals surface area contributed by atoms with E-state index in [4.69, 9.17) is 11.6 Å². The molecule has 0 saturated heterocycles. The van der Waals surface area contributed by atoms with E-state index in [1.165, 1.54) is 22.7 Å². The maximum atomic E-state index is 11.9. The molecule has 0 bridgehead atoms. The third kappa shape index (κ3) is 3.79. The molecule has 0 aliphatic heterocycles. The van der Waals surface area contributed by atoms with Crippen LogP contribution in [0.25, 0.3) is 6.08 Å². The minimum absolute atomic E-state index is 0.295. The summed E-state index contributed by atoms with van der Waals surface area (Å²) in [4.78, 5) is 20.0. The average Bonchev–Trinajstić information content (AvgIpc) is 3.14. The Balaban J connectivity index is 1.72. The molecule has 0 fully saturated rings. The number of thiophene rings is 1. The second kappa shape index (κ2) is 7.64. The number of carbonyl (C=O) groups excluding carboxylic acids is 1. The smallest absolute Gasteiger partial charge is 0.323 e. The topological polar surface area (TPSA) is 122 Å². The maximum Gasteiger partial charge on any atom is 0.323 e. The van der Waals surface area contributed by atoms with Crippen LogP contribution in [0.3, 0.4) is 0 Å². The van der Waals surface area contributed by atoms with Crippen molar-refractivity contribution in [3.63, 3.8) is 0 Å². The Morgan fingerprint density at radius 2 is 1.88 bits per heavy atom. The number of anilines is 5. The van der Waals surface area contributed by atoms with Gasteiger partial charge in [-0.05, 0) is 35.7 Å². The van der Waals surface area contributed by atoms with Crippen LogP contribution in [0.4, 0.5) is 33.5 Å². The van der Waals surface area contributed by atoms with Crippen molar-refractivity contribution in [2.45, 2.75) is 0 Å². The van der Waals surface area contributed by atoms with Gasteiger partial charge in [-0.3, -0.25) is 5.01 Å². The molecule has 3 rings (SSSR count). The first-order valence-electron chi connectivity index (χ1n) is 7.56. The van der Waals surface area contributed by atoms with E-state index in [2.05, 4.69) is 27.2 Å². The van der Waals surface area contributed by atoms with Gasteiger partial charge in [0.1, 0.15) is 12.1 Å². The van der Waals surface area contributed by atoms with Crippen molar-refractivity contribution in [2.75, 3.05) is 21.4 Å². The van der Waals surface area contributed by atoms with Crippen LogP contribution < -0.4 is 27.2 Å². The van der Waals surface area contributed by atoms with Gasteiger partial charge in [0, 0.05) is 11.1 Å². The first kappa shape index (κ1) is 17.4. The van der Waals surface area contributed by atoms with Gasteiger partial charge in [0.15, 0.2) is 5.82 Å². The first-order chi connectivity index (χ1) is 12.6. The largest absolute Gasteiger partial charge is 0.383 e. The van der Waals surface area contributed by atoms with E-state index in [-0.39, 0.29) is 6.03 Å². The number of aromatic nitrogens is 2. The second-order valence-corrected chi connectivity index (χ2v) is 5.99. The lowest BCUT2D eigenvalue weighted by Gasteiger charge is -2.20. The second-order valence-electron chi connectivity index (χ2n) is 5.21. The number of hydrazine groups is 1. The molecule has 2 amide bonds. The van der Waals surface area contributed by atoms with E-state index in [0.717, 1.165) is 5.69 Å². The van der Waals surface area contributed by atoms with Crippen LogP contribution in [0, 0.1) is 0 Å². The average molecular weight is 367 g/mol. The third-order valence-corrected chi connectivity index (χ3v) is 4.19. The lowest BCUT2D eigenvalue weighted by molar-refractivity contribution is 0.262. The number of rotatable bonds is 5. The van der Waals surface area contributed by atoms with Gasteiger partial charge in [-0.25, -0.2) is 20.6 Å². The monoisotopic (exact) mass is 367 g/mol. The Bertz CT molecular complexity index is 909. The fourth-order valence-corrected chi connectivity index (χ4v) is 2.83. The number of nitrogens with one attached hydrogen (secondary N) is 2. The molecule has 0 spiro atoms. The van der Waals surface area contributed by atoms with Crippen molar-refractivity contribution in [1.82, 2.24) is 9.97 Å². The maximum absolute atomic E-state index is 11.9. The molecule has 0 radical (unpaired) electrons. The zero-order valence-corrected chi connectivity index (χ0v) is 14.5. The quantitative estimate of drug-likeness (QED) is 0.405. The zero-order chi connectivity index (χ0) is 18.5. The number of amides is 2. The molecule has 2 heterocycles. The van der Waals surface area contributed by atoms with Gasteiger partial charge in [0.2, 0.25) is 0 Å². The molecule has 6 N–H and O–H groups in total. The summed E-state index contributed by atoms with van der Waals surface area (Å²) in [5.74, 6) is 6.87. The summed E-state index contributed by atoms with van der Waals surface area (Å²) in [5, 5.41) is 10.6. The van der Waals surface area contributed by atoms with Crippen LogP contribution in [-0.4, -0.2) is 16.0 Å². The van der Waals surface area contributed by atoms with Gasteiger partial charge < -0.3 is 16.4 Å². The molecule has 0 saturated carbocycles. The Labute approximate surface area is 154 Å². The minimum Gasteiger partial charge on any atom is -0.383 e. The summed E-state index contributed by atoms with van der Waals surface area (Å²) in [6, 6.07) is 8.49. The van der Waals surface area contributed by atoms with Crippen LogP contribution in [-0.2, 0) is 0 Å². The van der Waals surface area contributed by atoms with Crippen LogP contribution in [0.2, 0.25) is 0 Å². The Kier molecular flexibility index (Phi) is 5.11.